The summed E-state index contributed by atoms with van der Waals surface area (Å²) in [5.41, 5.74) is 5.14. The molecule has 0 saturated carbocycles. The predicted molar refractivity (Wildman–Crippen MR) is 121 cm³/mol. The number of rotatable bonds is 3. The van der Waals surface area contributed by atoms with E-state index in [1.54, 1.807) is 26.2 Å². The molecule has 0 atom stereocenters. The zero-order valence-corrected chi connectivity index (χ0v) is 18.3. The number of aryl methyl sites for hydroxylation is 1. The van der Waals surface area contributed by atoms with Crippen molar-refractivity contribution in [3.63, 3.8) is 0 Å². The van der Waals surface area contributed by atoms with E-state index in [4.69, 9.17) is 4.98 Å². The zero-order chi connectivity index (χ0) is 22.5. The SMILES string of the molecule is Cc1cc2nccc(=O)n2nc1N1CCc2ncc(-c3cncc(C(C)(C)O)c3)cc2C1. The monoisotopic (exact) mass is 428 g/mol. The van der Waals surface area contributed by atoms with Crippen LogP contribution in [0.3, 0.4) is 0 Å². The van der Waals surface area contributed by atoms with Crippen LogP contribution in [0.1, 0.15) is 36.2 Å². The smallest absolute Gasteiger partial charge is 0.274 e. The third kappa shape index (κ3) is 3.62. The predicted octanol–water partition coefficient (Wildman–Crippen LogP) is 2.65. The normalized spacial score (nSPS) is 13.9. The summed E-state index contributed by atoms with van der Waals surface area (Å²) in [6.45, 7) is 6.89. The minimum atomic E-state index is -0.965. The van der Waals surface area contributed by atoms with Crippen molar-refractivity contribution in [1.82, 2.24) is 24.6 Å². The molecule has 4 aromatic rings. The van der Waals surface area contributed by atoms with Gasteiger partial charge < -0.3 is 10.0 Å². The molecule has 4 aromatic heterocycles. The molecule has 0 amide bonds. The van der Waals surface area contributed by atoms with Gasteiger partial charge in [-0.1, -0.05) is 0 Å². The van der Waals surface area contributed by atoms with Gasteiger partial charge in [-0.2, -0.15) is 4.52 Å². The van der Waals surface area contributed by atoms with Crippen LogP contribution in [-0.4, -0.2) is 36.2 Å². The van der Waals surface area contributed by atoms with Crippen LogP contribution in [0.25, 0.3) is 16.8 Å². The van der Waals surface area contributed by atoms with E-state index in [-0.39, 0.29) is 5.56 Å². The molecule has 162 valence electrons. The Hall–Kier alpha value is -3.65. The summed E-state index contributed by atoms with van der Waals surface area (Å²) in [6, 6.07) is 7.38. The minimum Gasteiger partial charge on any atom is -0.386 e. The third-order valence-electron chi connectivity index (χ3n) is 5.86. The van der Waals surface area contributed by atoms with Gasteiger partial charge in [-0.05, 0) is 50.1 Å². The van der Waals surface area contributed by atoms with Gasteiger partial charge >= 0.3 is 0 Å². The first-order chi connectivity index (χ1) is 15.3. The molecule has 8 heteroatoms. The molecular weight excluding hydrogens is 404 g/mol. The zero-order valence-electron chi connectivity index (χ0n) is 18.3. The van der Waals surface area contributed by atoms with Gasteiger partial charge in [-0.3, -0.25) is 14.8 Å². The van der Waals surface area contributed by atoms with Gasteiger partial charge in [-0.25, -0.2) is 4.98 Å². The van der Waals surface area contributed by atoms with Crippen molar-refractivity contribution in [2.45, 2.75) is 39.3 Å². The number of nitrogens with zero attached hydrogens (tertiary/aromatic N) is 6. The Morgan fingerprint density at radius 1 is 1.06 bits per heavy atom. The van der Waals surface area contributed by atoms with E-state index in [2.05, 4.69) is 26.0 Å². The van der Waals surface area contributed by atoms with Crippen LogP contribution in [0.2, 0.25) is 0 Å². The van der Waals surface area contributed by atoms with Gasteiger partial charge in [0.2, 0.25) is 0 Å². The molecule has 0 saturated heterocycles. The molecule has 0 aromatic carbocycles. The Kier molecular flexibility index (Phi) is 4.74. The Morgan fingerprint density at radius 2 is 1.88 bits per heavy atom. The lowest BCUT2D eigenvalue weighted by atomic mass is 9.96. The highest BCUT2D eigenvalue weighted by Gasteiger charge is 2.22. The molecule has 1 aliphatic rings. The lowest BCUT2D eigenvalue weighted by Crippen LogP contribution is -2.33. The number of hydrogen-bond acceptors (Lipinski definition) is 7. The van der Waals surface area contributed by atoms with Crippen LogP contribution >= 0.6 is 0 Å². The molecular formula is C24H24N6O2. The highest BCUT2D eigenvalue weighted by molar-refractivity contribution is 5.64. The van der Waals surface area contributed by atoms with Crippen molar-refractivity contribution in [1.29, 1.82) is 0 Å². The summed E-state index contributed by atoms with van der Waals surface area (Å²) in [6.07, 6.45) is 7.63. The van der Waals surface area contributed by atoms with E-state index in [0.29, 0.717) is 12.2 Å². The van der Waals surface area contributed by atoms with Crippen molar-refractivity contribution >= 4 is 11.5 Å². The average molecular weight is 428 g/mol. The van der Waals surface area contributed by atoms with E-state index in [1.165, 1.54) is 16.8 Å². The largest absolute Gasteiger partial charge is 0.386 e. The second-order valence-electron chi connectivity index (χ2n) is 8.73. The van der Waals surface area contributed by atoms with Crippen LogP contribution in [0, 0.1) is 6.92 Å². The molecule has 0 spiro atoms. The molecule has 1 N–H and O–H groups in total. The van der Waals surface area contributed by atoms with Crippen LogP contribution in [0.4, 0.5) is 5.82 Å². The molecule has 0 radical (unpaired) electrons. The van der Waals surface area contributed by atoms with Crippen LogP contribution in [0.15, 0.2) is 53.8 Å². The van der Waals surface area contributed by atoms with E-state index in [0.717, 1.165) is 52.3 Å². The first-order valence-corrected chi connectivity index (χ1v) is 10.6. The maximum absolute atomic E-state index is 12.2. The summed E-state index contributed by atoms with van der Waals surface area (Å²) in [5, 5.41) is 14.9. The summed E-state index contributed by atoms with van der Waals surface area (Å²) in [5.74, 6) is 0.773. The van der Waals surface area contributed by atoms with Gasteiger partial charge in [0.25, 0.3) is 5.56 Å². The average Bonchev–Trinajstić information content (AvgIpc) is 2.78. The molecule has 5 heterocycles. The van der Waals surface area contributed by atoms with Gasteiger partial charge in [-0.15, -0.1) is 5.10 Å². The van der Waals surface area contributed by atoms with E-state index in [1.807, 2.05) is 25.3 Å². The number of fused-ring (bicyclic) bond motifs is 2. The number of anilines is 1. The van der Waals surface area contributed by atoms with Crippen molar-refractivity contribution in [3.05, 3.63) is 81.8 Å². The lowest BCUT2D eigenvalue weighted by molar-refractivity contribution is 0.0783. The molecule has 8 nitrogen and oxygen atoms in total. The highest BCUT2D eigenvalue weighted by Crippen LogP contribution is 2.29. The van der Waals surface area contributed by atoms with Gasteiger partial charge in [0.15, 0.2) is 11.5 Å². The fourth-order valence-corrected chi connectivity index (χ4v) is 4.06. The maximum atomic E-state index is 12.2. The Bertz CT molecular complexity index is 1390. The molecule has 0 unspecified atom stereocenters. The number of pyridine rings is 2. The fourth-order valence-electron chi connectivity index (χ4n) is 4.06. The Balaban J connectivity index is 1.51. The number of hydrogen-bond donors (Lipinski definition) is 1. The topological polar surface area (TPSA) is 96.5 Å². The van der Waals surface area contributed by atoms with E-state index < -0.39 is 5.60 Å². The lowest BCUT2D eigenvalue weighted by Gasteiger charge is -2.30. The molecule has 1 aliphatic heterocycles. The van der Waals surface area contributed by atoms with Crippen LogP contribution in [0.5, 0.6) is 0 Å². The van der Waals surface area contributed by atoms with Crippen molar-refractivity contribution < 1.29 is 5.11 Å². The van der Waals surface area contributed by atoms with Crippen LogP contribution in [-0.2, 0) is 18.6 Å². The molecule has 0 aliphatic carbocycles. The van der Waals surface area contributed by atoms with E-state index >= 15 is 0 Å². The standard InChI is InChI=1S/C24H24N6O2/c1-15-8-21-26-6-4-22(31)30(21)28-23(15)29-7-5-20-18(14-29)9-16(12-27-20)17-10-19(13-25-11-17)24(2,3)32/h4,6,8-13,32H,5,7,14H2,1-3H3. The third-order valence-corrected chi connectivity index (χ3v) is 5.86. The second-order valence-corrected chi connectivity index (χ2v) is 8.73. The quantitative estimate of drug-likeness (QED) is 0.536. The molecule has 32 heavy (non-hydrogen) atoms. The minimum absolute atomic E-state index is 0.197. The maximum Gasteiger partial charge on any atom is 0.274 e. The molecule has 0 bridgehead atoms. The van der Waals surface area contributed by atoms with Crippen LogP contribution < -0.4 is 10.5 Å². The molecule has 5 rings (SSSR count). The van der Waals surface area contributed by atoms with E-state index in [9.17, 15) is 9.90 Å². The number of aromatic nitrogens is 5. The first kappa shape index (κ1) is 20.3. The second kappa shape index (κ2) is 7.49. The Morgan fingerprint density at radius 3 is 2.69 bits per heavy atom. The van der Waals surface area contributed by atoms with Gasteiger partial charge in [0.1, 0.15) is 0 Å². The summed E-state index contributed by atoms with van der Waals surface area (Å²) in [7, 11) is 0. The Labute approximate surface area is 185 Å². The fraction of sp³-hybridized carbons (Fsp3) is 0.292. The van der Waals surface area contributed by atoms with Gasteiger partial charge in [0, 0.05) is 72.7 Å². The summed E-state index contributed by atoms with van der Waals surface area (Å²) >= 11 is 0. The first-order valence-electron chi connectivity index (χ1n) is 10.6. The van der Waals surface area contributed by atoms with Crippen molar-refractivity contribution in [2.24, 2.45) is 0 Å². The summed E-state index contributed by atoms with van der Waals surface area (Å²) < 4.78 is 1.35. The number of aliphatic hydroxyl groups is 1. The van der Waals surface area contributed by atoms with Crippen molar-refractivity contribution in [3.8, 4) is 11.1 Å². The highest BCUT2D eigenvalue weighted by atomic mass is 16.3. The van der Waals surface area contributed by atoms with Gasteiger partial charge in [0.05, 0.1) is 5.60 Å². The molecule has 0 fully saturated rings. The summed E-state index contributed by atoms with van der Waals surface area (Å²) in [4.78, 5) is 27.7. The van der Waals surface area contributed by atoms with Crippen molar-refractivity contribution in [2.75, 3.05) is 11.4 Å².